The number of primary amides is 1. The number of nitrogens with one attached hydrogen (secondary N) is 1. The van der Waals surface area contributed by atoms with Gasteiger partial charge in [-0.05, 0) is 25.0 Å². The molecule has 0 spiro atoms. The highest BCUT2D eigenvalue weighted by Gasteiger charge is 2.32. The molecule has 0 saturated heterocycles. The van der Waals surface area contributed by atoms with Gasteiger partial charge in [0.15, 0.2) is 0 Å². The van der Waals surface area contributed by atoms with Crippen molar-refractivity contribution in [3.8, 4) is 0 Å². The van der Waals surface area contributed by atoms with Crippen LogP contribution in [-0.2, 0) is 23.2 Å². The van der Waals surface area contributed by atoms with Crippen molar-refractivity contribution >= 4 is 22.8 Å². The lowest BCUT2D eigenvalue weighted by Gasteiger charge is -2.18. The minimum atomic E-state index is -0.380. The third-order valence-corrected chi connectivity index (χ3v) is 4.58. The van der Waals surface area contributed by atoms with Crippen molar-refractivity contribution in [3.05, 3.63) is 34.7 Å². The van der Waals surface area contributed by atoms with Crippen molar-refractivity contribution < 1.29 is 9.59 Å². The van der Waals surface area contributed by atoms with Gasteiger partial charge in [0.05, 0.1) is 17.0 Å². The Morgan fingerprint density at radius 3 is 2.65 bits per heavy atom. The maximum atomic E-state index is 12.3. The molecule has 0 radical (unpaired) electrons. The minimum absolute atomic E-state index is 0.0673. The van der Waals surface area contributed by atoms with Crippen LogP contribution in [0.3, 0.4) is 0 Å². The summed E-state index contributed by atoms with van der Waals surface area (Å²) >= 11 is 0. The number of imidazole rings is 1. The largest absolute Gasteiger partial charge is 0.369 e. The predicted molar refractivity (Wildman–Crippen MR) is 85.6 cm³/mol. The van der Waals surface area contributed by atoms with E-state index in [1.54, 1.807) is 7.05 Å². The van der Waals surface area contributed by atoms with Gasteiger partial charge in [-0.2, -0.15) is 0 Å². The molecule has 2 atom stereocenters. The van der Waals surface area contributed by atoms with E-state index < -0.39 is 0 Å². The average Bonchev–Trinajstić information content (AvgIpc) is 3.07. The zero-order chi connectivity index (χ0) is 16.6. The van der Waals surface area contributed by atoms with Gasteiger partial charge in [0.25, 0.3) is 0 Å². The standard InChI is InChI=1S/C16H20N4O3/c1-19-12-7-2-3-8-13(12)20(16(19)23)9-14(21)18-11-6-4-5-10(11)15(17)22/h2-3,7-8,10-11H,4-6,9H2,1H3,(H2,17,22)(H,18,21)/t10-,11-/m1/s1. The molecule has 122 valence electrons. The van der Waals surface area contributed by atoms with Gasteiger partial charge in [0.1, 0.15) is 6.54 Å². The molecule has 2 aromatic rings. The molecule has 3 rings (SSSR count). The zero-order valence-electron chi connectivity index (χ0n) is 13.0. The van der Waals surface area contributed by atoms with Crippen molar-refractivity contribution in [2.24, 2.45) is 18.7 Å². The monoisotopic (exact) mass is 316 g/mol. The lowest BCUT2D eigenvalue weighted by molar-refractivity contribution is -0.124. The number of hydrogen-bond donors (Lipinski definition) is 2. The molecule has 0 aliphatic heterocycles. The Labute approximate surface area is 133 Å². The number of carbonyl (C=O) groups excluding carboxylic acids is 2. The van der Waals surface area contributed by atoms with Crippen molar-refractivity contribution in [2.75, 3.05) is 0 Å². The number of hydrogen-bond acceptors (Lipinski definition) is 3. The van der Waals surface area contributed by atoms with Gasteiger partial charge in [-0.3, -0.25) is 18.7 Å². The van der Waals surface area contributed by atoms with Crippen LogP contribution < -0.4 is 16.7 Å². The van der Waals surface area contributed by atoms with E-state index in [2.05, 4.69) is 5.32 Å². The number of nitrogens with zero attached hydrogens (tertiary/aromatic N) is 2. The highest BCUT2D eigenvalue weighted by molar-refractivity contribution is 5.82. The first kappa shape index (κ1) is 15.3. The SMILES string of the molecule is Cn1c(=O)n(CC(=O)N[C@@H]2CCC[C@H]2C(N)=O)c2ccccc21. The summed E-state index contributed by atoms with van der Waals surface area (Å²) in [6.07, 6.45) is 2.31. The first-order chi connectivity index (χ1) is 11.0. The zero-order valence-corrected chi connectivity index (χ0v) is 13.0. The van der Waals surface area contributed by atoms with E-state index in [9.17, 15) is 14.4 Å². The molecule has 1 aromatic carbocycles. The smallest absolute Gasteiger partial charge is 0.329 e. The van der Waals surface area contributed by atoms with Gasteiger partial charge in [0, 0.05) is 13.1 Å². The summed E-state index contributed by atoms with van der Waals surface area (Å²) < 4.78 is 2.96. The lowest BCUT2D eigenvalue weighted by Crippen LogP contribution is -2.44. The number of amides is 2. The van der Waals surface area contributed by atoms with E-state index in [0.717, 1.165) is 18.4 Å². The summed E-state index contributed by atoms with van der Waals surface area (Å²) in [7, 11) is 1.68. The van der Waals surface area contributed by atoms with Crippen LogP contribution in [0.15, 0.2) is 29.1 Å². The summed E-state index contributed by atoms with van der Waals surface area (Å²) in [5.74, 6) is -0.972. The molecule has 7 nitrogen and oxygen atoms in total. The topological polar surface area (TPSA) is 99.1 Å². The summed E-state index contributed by atoms with van der Waals surface area (Å²) in [6.45, 7) is -0.0673. The van der Waals surface area contributed by atoms with Crippen LogP contribution in [-0.4, -0.2) is 27.0 Å². The van der Waals surface area contributed by atoms with E-state index in [1.165, 1.54) is 9.13 Å². The number of rotatable bonds is 4. The third-order valence-electron chi connectivity index (χ3n) is 4.58. The Hall–Kier alpha value is -2.57. The number of benzene rings is 1. The third kappa shape index (κ3) is 2.74. The number of para-hydroxylation sites is 2. The second-order valence-electron chi connectivity index (χ2n) is 6.03. The fourth-order valence-corrected chi connectivity index (χ4v) is 3.39. The summed E-state index contributed by atoms with van der Waals surface area (Å²) in [6, 6.07) is 7.10. The van der Waals surface area contributed by atoms with Crippen molar-refractivity contribution in [1.29, 1.82) is 0 Å². The molecule has 23 heavy (non-hydrogen) atoms. The van der Waals surface area contributed by atoms with Crippen LogP contribution in [0.1, 0.15) is 19.3 Å². The number of fused-ring (bicyclic) bond motifs is 1. The number of nitrogens with two attached hydrogens (primary N) is 1. The Morgan fingerprint density at radius 2 is 1.96 bits per heavy atom. The lowest BCUT2D eigenvalue weighted by atomic mass is 10.0. The quantitative estimate of drug-likeness (QED) is 0.837. The molecule has 0 bridgehead atoms. The first-order valence-electron chi connectivity index (χ1n) is 7.72. The summed E-state index contributed by atoms with van der Waals surface area (Å²) in [4.78, 5) is 36.0. The molecule has 1 aliphatic rings. The van der Waals surface area contributed by atoms with E-state index in [-0.39, 0.29) is 36.0 Å². The van der Waals surface area contributed by atoms with Crippen LogP contribution >= 0.6 is 0 Å². The van der Waals surface area contributed by atoms with Gasteiger partial charge in [-0.1, -0.05) is 18.6 Å². The predicted octanol–water partition coefficient (Wildman–Crippen LogP) is 0.110. The minimum Gasteiger partial charge on any atom is -0.369 e. The highest BCUT2D eigenvalue weighted by Crippen LogP contribution is 2.25. The van der Waals surface area contributed by atoms with Gasteiger partial charge < -0.3 is 11.1 Å². The maximum Gasteiger partial charge on any atom is 0.329 e. The molecule has 1 aliphatic carbocycles. The first-order valence-corrected chi connectivity index (χ1v) is 7.72. The van der Waals surface area contributed by atoms with E-state index in [1.807, 2.05) is 24.3 Å². The van der Waals surface area contributed by atoms with Crippen molar-refractivity contribution in [1.82, 2.24) is 14.5 Å². The second kappa shape index (κ2) is 5.91. The molecule has 3 N–H and O–H groups in total. The Morgan fingerprint density at radius 1 is 1.26 bits per heavy atom. The van der Waals surface area contributed by atoms with Crippen LogP contribution in [0, 0.1) is 5.92 Å². The molecule has 1 aromatic heterocycles. The van der Waals surface area contributed by atoms with Crippen LogP contribution in [0.4, 0.5) is 0 Å². The highest BCUT2D eigenvalue weighted by atomic mass is 16.2. The van der Waals surface area contributed by atoms with Gasteiger partial charge in [-0.15, -0.1) is 0 Å². The van der Waals surface area contributed by atoms with E-state index in [4.69, 9.17) is 5.73 Å². The molecule has 7 heteroatoms. The molecule has 1 heterocycles. The average molecular weight is 316 g/mol. The molecule has 1 saturated carbocycles. The van der Waals surface area contributed by atoms with Gasteiger partial charge >= 0.3 is 5.69 Å². The fourth-order valence-electron chi connectivity index (χ4n) is 3.39. The van der Waals surface area contributed by atoms with Gasteiger partial charge in [0.2, 0.25) is 11.8 Å². The normalized spacial score (nSPS) is 20.7. The fraction of sp³-hybridized carbons (Fsp3) is 0.438. The Balaban J connectivity index is 1.80. The number of aryl methyl sites for hydroxylation is 1. The van der Waals surface area contributed by atoms with Crippen molar-refractivity contribution in [3.63, 3.8) is 0 Å². The van der Waals surface area contributed by atoms with Crippen molar-refractivity contribution in [2.45, 2.75) is 31.8 Å². The van der Waals surface area contributed by atoms with Crippen LogP contribution in [0.2, 0.25) is 0 Å². The van der Waals surface area contributed by atoms with Crippen LogP contribution in [0.5, 0.6) is 0 Å². The molecular formula is C16H20N4O3. The number of carbonyl (C=O) groups is 2. The Bertz CT molecular complexity index is 820. The number of aromatic nitrogens is 2. The summed E-state index contributed by atoms with van der Waals surface area (Å²) in [5.41, 5.74) is 6.63. The molecular weight excluding hydrogens is 296 g/mol. The second-order valence-corrected chi connectivity index (χ2v) is 6.03. The van der Waals surface area contributed by atoms with Crippen LogP contribution in [0.25, 0.3) is 11.0 Å². The van der Waals surface area contributed by atoms with E-state index >= 15 is 0 Å². The Kier molecular flexibility index (Phi) is 3.94. The molecule has 0 unspecified atom stereocenters. The molecule has 2 amide bonds. The molecule has 1 fully saturated rings. The van der Waals surface area contributed by atoms with E-state index in [0.29, 0.717) is 11.9 Å². The summed E-state index contributed by atoms with van der Waals surface area (Å²) in [5, 5.41) is 2.85. The van der Waals surface area contributed by atoms with Gasteiger partial charge in [-0.25, -0.2) is 4.79 Å². The maximum absolute atomic E-state index is 12.3.